The maximum Gasteiger partial charge on any atom is 0.432 e. The fraction of sp³-hybridized carbons (Fsp3) is 0.222. The molecule has 0 radical (unpaired) electrons. The highest BCUT2D eigenvalue weighted by Gasteiger charge is 2.33. The van der Waals surface area contributed by atoms with Crippen molar-refractivity contribution >= 4 is 5.91 Å². The van der Waals surface area contributed by atoms with Crippen LogP contribution in [0.5, 0.6) is 0 Å². The molecule has 3 N–H and O–H groups in total. The number of halogens is 3. The second-order valence-corrected chi connectivity index (χ2v) is 3.45. The van der Waals surface area contributed by atoms with Crippen LogP contribution in [0.2, 0.25) is 0 Å². The molecule has 0 aliphatic heterocycles. The zero-order valence-corrected chi connectivity index (χ0v) is 8.88. The molecule has 2 rings (SSSR count). The minimum atomic E-state index is -4.55. The van der Waals surface area contributed by atoms with Gasteiger partial charge in [-0.25, -0.2) is 0 Å². The number of aromatic amines is 2. The van der Waals surface area contributed by atoms with E-state index in [-0.39, 0.29) is 12.2 Å². The van der Waals surface area contributed by atoms with Gasteiger partial charge in [-0.05, 0) is 0 Å². The first-order valence-electron chi connectivity index (χ1n) is 4.85. The van der Waals surface area contributed by atoms with Gasteiger partial charge >= 0.3 is 6.18 Å². The van der Waals surface area contributed by atoms with Crippen molar-refractivity contribution in [3.8, 4) is 0 Å². The van der Waals surface area contributed by atoms with E-state index >= 15 is 0 Å². The van der Waals surface area contributed by atoms with E-state index < -0.39 is 17.8 Å². The Morgan fingerprint density at radius 1 is 1.44 bits per heavy atom. The number of rotatable bonds is 3. The molecule has 6 nitrogen and oxygen atoms in total. The third kappa shape index (κ3) is 2.67. The van der Waals surface area contributed by atoms with Gasteiger partial charge in [0, 0.05) is 24.4 Å². The highest BCUT2D eigenvalue weighted by Crippen LogP contribution is 2.27. The summed E-state index contributed by atoms with van der Waals surface area (Å²) in [5.41, 5.74) is -0.670. The van der Waals surface area contributed by atoms with Crippen LogP contribution in [0, 0.1) is 0 Å². The maximum atomic E-state index is 12.3. The molecule has 0 saturated heterocycles. The molecule has 96 valence electrons. The molecule has 2 heterocycles. The Labute approximate surface area is 98.6 Å². The normalized spacial score (nSPS) is 11.5. The molecule has 0 spiro atoms. The van der Waals surface area contributed by atoms with Gasteiger partial charge in [0.2, 0.25) is 0 Å². The minimum Gasteiger partial charge on any atom is -0.346 e. The van der Waals surface area contributed by atoms with Crippen molar-refractivity contribution in [2.45, 2.75) is 12.7 Å². The third-order valence-electron chi connectivity index (χ3n) is 2.12. The van der Waals surface area contributed by atoms with E-state index in [1.165, 1.54) is 6.20 Å². The van der Waals surface area contributed by atoms with Gasteiger partial charge in [-0.2, -0.15) is 23.4 Å². The standard InChI is InChI=1S/C9H8F3N5O/c10-9(11,12)7-1-6(16-17-7)8(18)13-2-5-3-14-15-4-5/h1,3-4H,2H2,(H,13,18)(H,14,15)(H,16,17). The van der Waals surface area contributed by atoms with E-state index in [1.807, 2.05) is 0 Å². The summed E-state index contributed by atoms with van der Waals surface area (Å²) in [4.78, 5) is 11.5. The molecule has 2 aromatic heterocycles. The lowest BCUT2D eigenvalue weighted by Crippen LogP contribution is -2.22. The number of hydrogen-bond acceptors (Lipinski definition) is 3. The van der Waals surface area contributed by atoms with Crippen LogP contribution < -0.4 is 5.32 Å². The number of aromatic nitrogens is 4. The van der Waals surface area contributed by atoms with Gasteiger partial charge < -0.3 is 5.32 Å². The average molecular weight is 259 g/mol. The van der Waals surface area contributed by atoms with Gasteiger partial charge in [0.05, 0.1) is 6.20 Å². The van der Waals surface area contributed by atoms with Crippen LogP contribution in [-0.4, -0.2) is 26.3 Å². The molecule has 0 aromatic carbocycles. The SMILES string of the molecule is O=C(NCc1cn[nH]c1)c1cc(C(F)(F)F)[nH]n1. The quantitative estimate of drug-likeness (QED) is 0.770. The molecule has 0 aliphatic carbocycles. The Morgan fingerprint density at radius 2 is 2.22 bits per heavy atom. The highest BCUT2D eigenvalue weighted by atomic mass is 19.4. The first-order chi connectivity index (χ1) is 8.47. The minimum absolute atomic E-state index is 0.156. The van der Waals surface area contributed by atoms with Crippen molar-refractivity contribution in [3.63, 3.8) is 0 Å². The van der Waals surface area contributed by atoms with Gasteiger partial charge in [-0.1, -0.05) is 0 Å². The van der Waals surface area contributed by atoms with Crippen molar-refractivity contribution in [2.75, 3.05) is 0 Å². The number of amides is 1. The van der Waals surface area contributed by atoms with Gasteiger partial charge in [-0.3, -0.25) is 15.0 Å². The fourth-order valence-electron chi connectivity index (χ4n) is 1.23. The predicted molar refractivity (Wildman–Crippen MR) is 53.3 cm³/mol. The first kappa shape index (κ1) is 12.1. The summed E-state index contributed by atoms with van der Waals surface area (Å²) < 4.78 is 36.8. The molecular formula is C9H8F3N5O. The van der Waals surface area contributed by atoms with Crippen LogP contribution in [0.3, 0.4) is 0 Å². The van der Waals surface area contributed by atoms with Gasteiger partial charge in [-0.15, -0.1) is 0 Å². The molecule has 0 bridgehead atoms. The lowest BCUT2D eigenvalue weighted by Gasteiger charge is -2.00. The lowest BCUT2D eigenvalue weighted by atomic mass is 10.3. The monoisotopic (exact) mass is 259 g/mol. The molecule has 0 aliphatic rings. The Bertz CT molecular complexity index is 531. The lowest BCUT2D eigenvalue weighted by molar-refractivity contribution is -0.141. The molecule has 9 heteroatoms. The zero-order valence-electron chi connectivity index (χ0n) is 8.88. The van der Waals surface area contributed by atoms with Crippen LogP contribution in [0.4, 0.5) is 13.2 Å². The number of nitrogens with zero attached hydrogens (tertiary/aromatic N) is 2. The number of carbonyl (C=O) groups is 1. The van der Waals surface area contributed by atoms with Gasteiger partial charge in [0.1, 0.15) is 5.69 Å². The Morgan fingerprint density at radius 3 is 2.78 bits per heavy atom. The number of alkyl halides is 3. The number of carbonyl (C=O) groups excluding carboxylic acids is 1. The summed E-state index contributed by atoms with van der Waals surface area (Å²) in [5.74, 6) is -0.692. The highest BCUT2D eigenvalue weighted by molar-refractivity contribution is 5.92. The Hall–Kier alpha value is -2.32. The molecule has 0 atom stereocenters. The van der Waals surface area contributed by atoms with Crippen molar-refractivity contribution < 1.29 is 18.0 Å². The van der Waals surface area contributed by atoms with E-state index in [0.29, 0.717) is 11.6 Å². The molecular weight excluding hydrogens is 251 g/mol. The summed E-state index contributed by atoms with van der Waals surface area (Å²) >= 11 is 0. The summed E-state index contributed by atoms with van der Waals surface area (Å²) in [6.45, 7) is 0.156. The van der Waals surface area contributed by atoms with E-state index in [2.05, 4.69) is 20.6 Å². The van der Waals surface area contributed by atoms with Gasteiger partial charge in [0.25, 0.3) is 5.91 Å². The van der Waals surface area contributed by atoms with Crippen LogP contribution in [0.1, 0.15) is 21.7 Å². The predicted octanol–water partition coefficient (Wildman–Crippen LogP) is 1.08. The van der Waals surface area contributed by atoms with E-state index in [0.717, 1.165) is 0 Å². The third-order valence-corrected chi connectivity index (χ3v) is 2.12. The van der Waals surface area contributed by atoms with Crippen LogP contribution in [-0.2, 0) is 12.7 Å². The molecule has 0 fully saturated rings. The van der Waals surface area contributed by atoms with Crippen LogP contribution in [0.15, 0.2) is 18.5 Å². The second-order valence-electron chi connectivity index (χ2n) is 3.45. The second kappa shape index (κ2) is 4.51. The maximum absolute atomic E-state index is 12.3. The Balaban J connectivity index is 1.99. The average Bonchev–Trinajstić information content (AvgIpc) is 2.96. The summed E-state index contributed by atoms with van der Waals surface area (Å²) in [6, 6.07) is 0.657. The van der Waals surface area contributed by atoms with Crippen LogP contribution >= 0.6 is 0 Å². The summed E-state index contributed by atoms with van der Waals surface area (Å²) in [6.07, 6.45) is -1.49. The molecule has 18 heavy (non-hydrogen) atoms. The van der Waals surface area contributed by atoms with Crippen molar-refractivity contribution in [1.82, 2.24) is 25.7 Å². The topological polar surface area (TPSA) is 86.5 Å². The van der Waals surface area contributed by atoms with Crippen molar-refractivity contribution in [2.24, 2.45) is 0 Å². The first-order valence-corrected chi connectivity index (χ1v) is 4.85. The largest absolute Gasteiger partial charge is 0.432 e. The van der Waals surface area contributed by atoms with Crippen LogP contribution in [0.25, 0.3) is 0 Å². The molecule has 1 amide bonds. The smallest absolute Gasteiger partial charge is 0.346 e. The molecule has 0 unspecified atom stereocenters. The van der Waals surface area contributed by atoms with Crippen molar-refractivity contribution in [1.29, 1.82) is 0 Å². The number of nitrogens with one attached hydrogen (secondary N) is 3. The molecule has 0 saturated carbocycles. The van der Waals surface area contributed by atoms with E-state index in [1.54, 1.807) is 11.3 Å². The summed E-state index contributed by atoms with van der Waals surface area (Å²) in [5, 5.41) is 13.7. The number of H-pyrrole nitrogens is 2. The van der Waals surface area contributed by atoms with E-state index in [4.69, 9.17) is 0 Å². The summed E-state index contributed by atoms with van der Waals surface area (Å²) in [7, 11) is 0. The zero-order chi connectivity index (χ0) is 13.2. The molecule has 2 aromatic rings. The van der Waals surface area contributed by atoms with E-state index in [9.17, 15) is 18.0 Å². The van der Waals surface area contributed by atoms with Crippen molar-refractivity contribution in [3.05, 3.63) is 35.4 Å². The number of hydrogen-bond donors (Lipinski definition) is 3. The fourth-order valence-corrected chi connectivity index (χ4v) is 1.23. The van der Waals surface area contributed by atoms with Gasteiger partial charge in [0.15, 0.2) is 5.69 Å². The Kier molecular flexibility index (Phi) is 3.04.